The Hall–Kier alpha value is -2.98. The highest BCUT2D eigenvalue weighted by atomic mass is 32.2. The number of anilines is 2. The molecule has 0 aliphatic carbocycles. The lowest BCUT2D eigenvalue weighted by Crippen LogP contribution is -2.16. The van der Waals surface area contributed by atoms with Gasteiger partial charge in [-0.05, 0) is 54.8 Å². The molecule has 0 bridgehead atoms. The number of amides is 1. The molecule has 0 atom stereocenters. The third-order valence-electron chi connectivity index (χ3n) is 3.22. The fourth-order valence-electron chi connectivity index (χ4n) is 1.95. The predicted octanol–water partition coefficient (Wildman–Crippen LogP) is 3.98. The zero-order chi connectivity index (χ0) is 18.2. The van der Waals surface area contributed by atoms with Crippen LogP contribution in [-0.2, 0) is 4.79 Å². The van der Waals surface area contributed by atoms with Crippen molar-refractivity contribution in [1.29, 1.82) is 5.26 Å². The minimum Gasteiger partial charge on any atom is -0.497 e. The summed E-state index contributed by atoms with van der Waals surface area (Å²) in [5.41, 5.74) is 1.06. The molecule has 7 heteroatoms. The van der Waals surface area contributed by atoms with Crippen molar-refractivity contribution in [3.8, 4) is 11.8 Å². The first kappa shape index (κ1) is 18.4. The Morgan fingerprint density at radius 1 is 1.08 bits per heavy atom. The van der Waals surface area contributed by atoms with Crippen LogP contribution >= 0.6 is 11.8 Å². The number of hydrogen-bond donors (Lipinski definition) is 2. The Kier molecular flexibility index (Phi) is 6.43. The largest absolute Gasteiger partial charge is 0.497 e. The summed E-state index contributed by atoms with van der Waals surface area (Å²) >= 11 is 1.22. The highest BCUT2D eigenvalue weighted by Crippen LogP contribution is 2.22. The predicted molar refractivity (Wildman–Crippen MR) is 97.8 cm³/mol. The van der Waals surface area contributed by atoms with E-state index in [4.69, 9.17) is 4.74 Å². The van der Waals surface area contributed by atoms with Gasteiger partial charge in [0.05, 0.1) is 12.1 Å². The number of nitrogens with one attached hydrogen (secondary N) is 2. The highest BCUT2D eigenvalue weighted by molar-refractivity contribution is 8.02. The normalized spacial score (nSPS) is 11.1. The van der Waals surface area contributed by atoms with Crippen LogP contribution in [0.15, 0.2) is 59.1 Å². The second-order valence-corrected chi connectivity index (χ2v) is 5.65. The van der Waals surface area contributed by atoms with E-state index in [0.29, 0.717) is 22.2 Å². The van der Waals surface area contributed by atoms with Crippen LogP contribution in [0.2, 0.25) is 0 Å². The molecule has 0 aromatic heterocycles. The molecule has 0 saturated heterocycles. The maximum atomic E-state index is 13.0. The molecule has 0 aliphatic heterocycles. The molecule has 0 saturated carbocycles. The van der Waals surface area contributed by atoms with Crippen molar-refractivity contribution >= 4 is 29.0 Å². The van der Waals surface area contributed by atoms with Crippen LogP contribution in [0.1, 0.15) is 0 Å². The van der Waals surface area contributed by atoms with E-state index in [1.165, 1.54) is 36.0 Å². The second-order valence-electron chi connectivity index (χ2n) is 4.83. The molecule has 0 radical (unpaired) electrons. The Bertz CT molecular complexity index is 812. The number of nitrogens with zero attached hydrogens (tertiary/aromatic N) is 1. The van der Waals surface area contributed by atoms with Crippen LogP contribution in [0, 0.1) is 17.1 Å². The van der Waals surface area contributed by atoms with Crippen LogP contribution in [0.4, 0.5) is 15.8 Å². The summed E-state index contributed by atoms with van der Waals surface area (Å²) in [5, 5.41) is 15.4. The van der Waals surface area contributed by atoms with Crippen LogP contribution in [0.5, 0.6) is 5.75 Å². The Morgan fingerprint density at radius 3 is 2.16 bits per heavy atom. The van der Waals surface area contributed by atoms with Crippen LogP contribution < -0.4 is 15.4 Å². The first-order valence-corrected chi connectivity index (χ1v) is 8.46. The van der Waals surface area contributed by atoms with Gasteiger partial charge in [-0.3, -0.25) is 4.79 Å². The molecule has 2 rings (SSSR count). The Balaban J connectivity index is 2.20. The molecule has 2 N–H and O–H groups in total. The van der Waals surface area contributed by atoms with E-state index in [-0.39, 0.29) is 11.4 Å². The molecule has 5 nitrogen and oxygen atoms in total. The van der Waals surface area contributed by atoms with E-state index in [9.17, 15) is 14.4 Å². The summed E-state index contributed by atoms with van der Waals surface area (Å²) < 4.78 is 18.0. The van der Waals surface area contributed by atoms with Crippen molar-refractivity contribution in [1.82, 2.24) is 0 Å². The van der Waals surface area contributed by atoms with E-state index in [0.717, 1.165) is 0 Å². The van der Waals surface area contributed by atoms with Gasteiger partial charge in [-0.25, -0.2) is 4.39 Å². The second kappa shape index (κ2) is 8.76. The fourth-order valence-corrected chi connectivity index (χ4v) is 2.51. The van der Waals surface area contributed by atoms with Gasteiger partial charge in [0.25, 0.3) is 5.91 Å². The van der Waals surface area contributed by atoms with E-state index in [1.807, 2.05) is 6.07 Å². The molecule has 0 unspecified atom stereocenters. The van der Waals surface area contributed by atoms with Crippen LogP contribution in [0.25, 0.3) is 0 Å². The van der Waals surface area contributed by atoms with Crippen LogP contribution in [-0.4, -0.2) is 19.3 Å². The smallest absolute Gasteiger partial charge is 0.269 e. The van der Waals surface area contributed by atoms with E-state index in [1.54, 1.807) is 37.6 Å². The monoisotopic (exact) mass is 357 g/mol. The molecular weight excluding hydrogens is 341 g/mol. The minimum absolute atomic E-state index is 0.0624. The highest BCUT2D eigenvalue weighted by Gasteiger charge is 2.16. The maximum Gasteiger partial charge on any atom is 0.269 e. The quantitative estimate of drug-likeness (QED) is 0.604. The maximum absolute atomic E-state index is 13.0. The van der Waals surface area contributed by atoms with Gasteiger partial charge in [0, 0.05) is 11.4 Å². The lowest BCUT2D eigenvalue weighted by atomic mass is 10.2. The average Bonchev–Trinajstić information content (AvgIpc) is 2.63. The number of ether oxygens (including phenoxy) is 1. The summed E-state index contributed by atoms with van der Waals surface area (Å²) in [7, 11) is 1.55. The van der Waals surface area contributed by atoms with Gasteiger partial charge in [0.15, 0.2) is 0 Å². The molecule has 0 aliphatic rings. The van der Waals surface area contributed by atoms with Gasteiger partial charge in [-0.15, -0.1) is 11.8 Å². The number of carbonyl (C=O) groups is 1. The van der Waals surface area contributed by atoms with Gasteiger partial charge < -0.3 is 15.4 Å². The van der Waals surface area contributed by atoms with Crippen molar-refractivity contribution in [2.45, 2.75) is 0 Å². The lowest BCUT2D eigenvalue weighted by molar-refractivity contribution is -0.112. The number of rotatable bonds is 6. The van der Waals surface area contributed by atoms with E-state index >= 15 is 0 Å². The molecule has 2 aromatic carbocycles. The molecule has 0 fully saturated rings. The average molecular weight is 357 g/mol. The number of methoxy groups -OCH3 is 1. The lowest BCUT2D eigenvalue weighted by Gasteiger charge is -2.12. The topological polar surface area (TPSA) is 74.1 Å². The summed E-state index contributed by atoms with van der Waals surface area (Å²) in [5.74, 6) is -0.235. The van der Waals surface area contributed by atoms with Crippen molar-refractivity contribution in [3.05, 3.63) is 65.0 Å². The standard InChI is InChI=1S/C18H16FN3O2S/c1-24-15-9-7-13(8-10-15)21-17(23)16(11-20)18(25-2)22-14-5-3-12(19)4-6-14/h3-10,22H,1-2H3,(H,21,23). The fraction of sp³-hybridized carbons (Fsp3) is 0.111. The number of hydrogen-bond acceptors (Lipinski definition) is 5. The number of carbonyl (C=O) groups excluding carboxylic acids is 1. The zero-order valence-electron chi connectivity index (χ0n) is 13.7. The summed E-state index contributed by atoms with van der Waals surface area (Å²) in [4.78, 5) is 12.4. The summed E-state index contributed by atoms with van der Waals surface area (Å²) in [6, 6.07) is 14.3. The first-order valence-electron chi connectivity index (χ1n) is 7.23. The number of thioether (sulfide) groups is 1. The van der Waals surface area contributed by atoms with Gasteiger partial charge >= 0.3 is 0 Å². The van der Waals surface area contributed by atoms with Gasteiger partial charge in [0.1, 0.15) is 23.2 Å². The van der Waals surface area contributed by atoms with E-state index < -0.39 is 5.91 Å². The summed E-state index contributed by atoms with van der Waals surface area (Å²) in [6.45, 7) is 0. The Labute approximate surface area is 149 Å². The van der Waals surface area contributed by atoms with Crippen molar-refractivity contribution in [2.24, 2.45) is 0 Å². The SMILES string of the molecule is COc1ccc(NC(=O)C(C#N)=C(Nc2ccc(F)cc2)SC)cc1. The third kappa shape index (κ3) is 4.99. The number of nitriles is 1. The van der Waals surface area contributed by atoms with Gasteiger partial charge in [-0.2, -0.15) is 5.26 Å². The Morgan fingerprint density at radius 2 is 1.64 bits per heavy atom. The molecule has 128 valence electrons. The molecule has 25 heavy (non-hydrogen) atoms. The molecule has 0 heterocycles. The van der Waals surface area contributed by atoms with Gasteiger partial charge in [0.2, 0.25) is 0 Å². The first-order chi connectivity index (χ1) is 12.1. The number of benzene rings is 2. The molecule has 0 spiro atoms. The summed E-state index contributed by atoms with van der Waals surface area (Å²) in [6.07, 6.45) is 1.74. The molecule has 1 amide bonds. The number of halogens is 1. The molecular formula is C18H16FN3O2S. The van der Waals surface area contributed by atoms with Crippen molar-refractivity contribution in [2.75, 3.05) is 24.0 Å². The van der Waals surface area contributed by atoms with Crippen molar-refractivity contribution < 1.29 is 13.9 Å². The van der Waals surface area contributed by atoms with Gasteiger partial charge in [-0.1, -0.05) is 0 Å². The minimum atomic E-state index is -0.536. The molecule has 2 aromatic rings. The van der Waals surface area contributed by atoms with Crippen LogP contribution in [0.3, 0.4) is 0 Å². The van der Waals surface area contributed by atoms with Crippen molar-refractivity contribution in [3.63, 3.8) is 0 Å². The van der Waals surface area contributed by atoms with E-state index in [2.05, 4.69) is 10.6 Å². The third-order valence-corrected chi connectivity index (χ3v) is 3.93. The zero-order valence-corrected chi connectivity index (χ0v) is 14.5.